The highest BCUT2D eigenvalue weighted by Crippen LogP contribution is 2.11. The molecule has 0 aliphatic carbocycles. The predicted octanol–water partition coefficient (Wildman–Crippen LogP) is 1.10. The molecule has 0 radical (unpaired) electrons. The Morgan fingerprint density at radius 2 is 2.24 bits per heavy atom. The van der Waals surface area contributed by atoms with Crippen LogP contribution in [-0.4, -0.2) is 28.6 Å². The van der Waals surface area contributed by atoms with Crippen LogP contribution < -0.4 is 10.6 Å². The van der Waals surface area contributed by atoms with E-state index in [-0.39, 0.29) is 30.2 Å². The minimum absolute atomic E-state index is 0.140. The minimum atomic E-state index is -0.353. The second kappa shape index (κ2) is 6.74. The van der Waals surface area contributed by atoms with Gasteiger partial charge in [-0.25, -0.2) is 0 Å². The monoisotopic (exact) mass is 290 g/mol. The molecule has 2 heterocycles. The van der Waals surface area contributed by atoms with Gasteiger partial charge in [0.15, 0.2) is 5.76 Å². The van der Waals surface area contributed by atoms with Gasteiger partial charge in [0.1, 0.15) is 11.8 Å². The molecule has 2 rings (SSSR count). The van der Waals surface area contributed by atoms with Crippen molar-refractivity contribution in [2.75, 3.05) is 7.05 Å². The number of nitrogens with zero attached hydrogens (tertiary/aromatic N) is 2. The molecule has 0 fully saturated rings. The quantitative estimate of drug-likeness (QED) is 0.834. The molecular weight excluding hydrogens is 272 g/mol. The number of furan rings is 1. The highest BCUT2D eigenvalue weighted by Gasteiger charge is 2.18. The summed E-state index contributed by atoms with van der Waals surface area (Å²) in [5.41, 5.74) is 0. The first kappa shape index (κ1) is 14.8. The molecule has 21 heavy (non-hydrogen) atoms. The fraction of sp³-hybridized carbons (Fsp3) is 0.357. The Labute approximate surface area is 122 Å². The van der Waals surface area contributed by atoms with Crippen LogP contribution >= 0.6 is 0 Å². The van der Waals surface area contributed by atoms with Crippen LogP contribution in [0.2, 0.25) is 0 Å². The van der Waals surface area contributed by atoms with Gasteiger partial charge in [-0.3, -0.25) is 14.3 Å². The number of amides is 2. The minimum Gasteiger partial charge on any atom is -0.454 e. The molecule has 0 aliphatic heterocycles. The summed E-state index contributed by atoms with van der Waals surface area (Å²) in [6.07, 6.45) is 4.03. The summed E-state index contributed by atoms with van der Waals surface area (Å²) in [5.74, 6) is 0.313. The van der Waals surface area contributed by atoms with Gasteiger partial charge in [0.2, 0.25) is 5.91 Å². The van der Waals surface area contributed by atoms with Crippen molar-refractivity contribution >= 4 is 11.8 Å². The molecule has 2 aromatic heterocycles. The van der Waals surface area contributed by atoms with Gasteiger partial charge >= 0.3 is 0 Å². The van der Waals surface area contributed by atoms with Crippen LogP contribution in [0.25, 0.3) is 0 Å². The van der Waals surface area contributed by atoms with E-state index in [2.05, 4.69) is 15.7 Å². The van der Waals surface area contributed by atoms with Crippen molar-refractivity contribution in [2.24, 2.45) is 0 Å². The molecule has 0 aromatic carbocycles. The smallest absolute Gasteiger partial charge is 0.286 e. The zero-order valence-corrected chi connectivity index (χ0v) is 12.0. The van der Waals surface area contributed by atoms with Crippen molar-refractivity contribution in [1.82, 2.24) is 20.4 Å². The topological polar surface area (TPSA) is 89.2 Å². The van der Waals surface area contributed by atoms with Gasteiger partial charge < -0.3 is 15.1 Å². The highest BCUT2D eigenvalue weighted by atomic mass is 16.4. The Kier molecular flexibility index (Phi) is 4.76. The molecule has 7 heteroatoms. The van der Waals surface area contributed by atoms with Gasteiger partial charge in [0, 0.05) is 19.4 Å². The highest BCUT2D eigenvalue weighted by molar-refractivity contribution is 5.91. The summed E-state index contributed by atoms with van der Waals surface area (Å²) in [6.45, 7) is 2.15. The van der Waals surface area contributed by atoms with Crippen LogP contribution in [0, 0.1) is 0 Å². The molecule has 7 nitrogen and oxygen atoms in total. The lowest BCUT2D eigenvalue weighted by molar-refractivity contribution is -0.125. The Balaban J connectivity index is 1.94. The van der Waals surface area contributed by atoms with Crippen molar-refractivity contribution in [3.63, 3.8) is 0 Å². The van der Waals surface area contributed by atoms with Crippen LogP contribution in [0.4, 0.5) is 0 Å². The van der Waals surface area contributed by atoms with E-state index in [0.717, 1.165) is 0 Å². The maximum absolute atomic E-state index is 12.1. The number of hydrogen-bond donors (Lipinski definition) is 2. The Morgan fingerprint density at radius 1 is 1.43 bits per heavy atom. The van der Waals surface area contributed by atoms with Crippen molar-refractivity contribution in [3.05, 3.63) is 42.1 Å². The van der Waals surface area contributed by atoms with Crippen molar-refractivity contribution in [3.8, 4) is 0 Å². The maximum atomic E-state index is 12.1. The Morgan fingerprint density at radius 3 is 2.86 bits per heavy atom. The number of carbonyl (C=O) groups is 2. The zero-order chi connectivity index (χ0) is 15.2. The molecule has 0 spiro atoms. The van der Waals surface area contributed by atoms with Gasteiger partial charge in [0.25, 0.3) is 5.91 Å². The second-order valence-corrected chi connectivity index (χ2v) is 4.47. The second-order valence-electron chi connectivity index (χ2n) is 4.47. The third kappa shape index (κ3) is 3.50. The maximum Gasteiger partial charge on any atom is 0.286 e. The first-order valence-corrected chi connectivity index (χ1v) is 6.73. The summed E-state index contributed by atoms with van der Waals surface area (Å²) < 4.78 is 6.96. The van der Waals surface area contributed by atoms with Gasteiger partial charge in [0.05, 0.1) is 6.54 Å². The van der Waals surface area contributed by atoms with Gasteiger partial charge in [-0.05, 0) is 24.6 Å². The van der Waals surface area contributed by atoms with Crippen LogP contribution in [0.3, 0.4) is 0 Å². The number of rotatable bonds is 6. The van der Waals surface area contributed by atoms with Crippen LogP contribution in [-0.2, 0) is 11.3 Å². The molecule has 0 saturated heterocycles. The average Bonchev–Trinajstić information content (AvgIpc) is 3.16. The van der Waals surface area contributed by atoms with Gasteiger partial charge in [-0.15, -0.1) is 0 Å². The van der Waals surface area contributed by atoms with E-state index in [1.807, 2.05) is 6.92 Å². The average molecular weight is 290 g/mol. The normalized spacial score (nSPS) is 11.9. The molecule has 0 unspecified atom stereocenters. The van der Waals surface area contributed by atoms with E-state index in [4.69, 9.17) is 4.42 Å². The van der Waals surface area contributed by atoms with E-state index in [1.165, 1.54) is 7.05 Å². The van der Waals surface area contributed by atoms with E-state index < -0.39 is 0 Å². The van der Waals surface area contributed by atoms with Crippen LogP contribution in [0.1, 0.15) is 35.7 Å². The lowest BCUT2D eigenvalue weighted by Crippen LogP contribution is -2.32. The third-order valence-corrected chi connectivity index (χ3v) is 3.08. The largest absolute Gasteiger partial charge is 0.454 e. The molecule has 0 saturated carbocycles. The van der Waals surface area contributed by atoms with Crippen molar-refractivity contribution < 1.29 is 14.0 Å². The zero-order valence-electron chi connectivity index (χ0n) is 12.0. The summed E-state index contributed by atoms with van der Waals surface area (Å²) in [7, 11) is 1.53. The number of hydrogen-bond acceptors (Lipinski definition) is 4. The van der Waals surface area contributed by atoms with Crippen LogP contribution in [0.15, 0.2) is 35.0 Å². The number of aromatic nitrogens is 2. The third-order valence-electron chi connectivity index (χ3n) is 3.08. The first-order chi connectivity index (χ1) is 10.2. The number of nitrogens with one attached hydrogen (secondary N) is 2. The van der Waals surface area contributed by atoms with Crippen molar-refractivity contribution in [2.45, 2.75) is 25.9 Å². The fourth-order valence-electron chi connectivity index (χ4n) is 1.97. The standard InChI is InChI=1S/C14H18N4O3/c1-3-11(18-8-4-7-17-18)13(19)16-9-10-5-6-12(21-10)14(20)15-2/h4-8,11H,3,9H2,1-2H3,(H,15,20)(H,16,19)/t11-/m1/s1. The summed E-state index contributed by atoms with van der Waals surface area (Å²) in [5, 5.41) is 9.34. The molecule has 2 aromatic rings. The fourth-order valence-corrected chi connectivity index (χ4v) is 1.97. The van der Waals surface area contributed by atoms with Gasteiger partial charge in [-0.1, -0.05) is 6.92 Å². The predicted molar refractivity (Wildman–Crippen MR) is 75.5 cm³/mol. The molecule has 2 N–H and O–H groups in total. The van der Waals surface area contributed by atoms with E-state index in [9.17, 15) is 9.59 Å². The number of carbonyl (C=O) groups excluding carboxylic acids is 2. The van der Waals surface area contributed by atoms with E-state index in [1.54, 1.807) is 35.3 Å². The molecule has 112 valence electrons. The molecule has 1 atom stereocenters. The molecule has 2 amide bonds. The Bertz CT molecular complexity index is 604. The first-order valence-electron chi connectivity index (χ1n) is 6.73. The summed E-state index contributed by atoms with van der Waals surface area (Å²) in [4.78, 5) is 23.5. The molecule has 0 bridgehead atoms. The lowest BCUT2D eigenvalue weighted by Gasteiger charge is -2.14. The Hall–Kier alpha value is -2.57. The molecular formula is C14H18N4O3. The lowest BCUT2D eigenvalue weighted by atomic mass is 10.2. The van der Waals surface area contributed by atoms with E-state index >= 15 is 0 Å². The van der Waals surface area contributed by atoms with Crippen LogP contribution in [0.5, 0.6) is 0 Å². The van der Waals surface area contributed by atoms with Crippen molar-refractivity contribution in [1.29, 1.82) is 0 Å². The summed E-state index contributed by atoms with van der Waals surface area (Å²) in [6, 6.07) is 4.66. The van der Waals surface area contributed by atoms with Gasteiger partial charge in [-0.2, -0.15) is 5.10 Å². The van der Waals surface area contributed by atoms with E-state index in [0.29, 0.717) is 12.2 Å². The SMILES string of the molecule is CC[C@H](C(=O)NCc1ccc(C(=O)NC)o1)n1cccn1. The molecule has 0 aliphatic rings. The summed E-state index contributed by atoms with van der Waals surface area (Å²) >= 11 is 0.